The van der Waals surface area contributed by atoms with Crippen molar-refractivity contribution >= 4 is 16.9 Å². The number of phenols is 1. The number of carbonyl (C=O) groups excluding carboxylic acids is 1. The van der Waals surface area contributed by atoms with Gasteiger partial charge in [0.2, 0.25) is 0 Å². The fourth-order valence-electron chi connectivity index (χ4n) is 0.738. The van der Waals surface area contributed by atoms with Crippen LogP contribution in [-0.4, -0.2) is 10.2 Å². The van der Waals surface area contributed by atoms with Crippen LogP contribution in [0.4, 0.5) is 0 Å². The molecule has 0 aliphatic carbocycles. The predicted octanol–water partition coefficient (Wildman–Crippen LogP) is 2.42. The van der Waals surface area contributed by atoms with Crippen molar-refractivity contribution in [3.05, 3.63) is 24.3 Å². The maximum atomic E-state index is 11.0. The molecule has 1 aromatic rings. The molecule has 12 heavy (non-hydrogen) atoms. The number of phenolic OH excluding ortho intramolecular Hbond substituents is 1. The summed E-state index contributed by atoms with van der Waals surface area (Å²) in [6.07, 6.45) is 0.485. The van der Waals surface area contributed by atoms with Gasteiger partial charge in [-0.1, -0.05) is 19.1 Å². The summed E-state index contributed by atoms with van der Waals surface area (Å²) in [5.74, 6) is 0.171. The van der Waals surface area contributed by atoms with Gasteiger partial charge in [0.25, 0.3) is 0 Å². The molecule has 0 unspecified atom stereocenters. The number of aromatic hydroxyl groups is 1. The van der Waals surface area contributed by atoms with Crippen LogP contribution >= 0.6 is 11.8 Å². The van der Waals surface area contributed by atoms with Crippen molar-refractivity contribution in [1.82, 2.24) is 0 Å². The molecule has 0 aliphatic heterocycles. The number of hydrogen-bond acceptors (Lipinski definition) is 3. The first-order chi connectivity index (χ1) is 5.74. The molecule has 0 aromatic heterocycles. The third-order valence-corrected chi connectivity index (χ3v) is 2.46. The third kappa shape index (κ3) is 2.27. The Bertz CT molecular complexity index is 284. The molecule has 0 saturated carbocycles. The molecule has 1 N–H and O–H groups in total. The van der Waals surface area contributed by atoms with Crippen LogP contribution in [0.15, 0.2) is 29.2 Å². The normalized spacial score (nSPS) is 9.75. The molecule has 64 valence electrons. The van der Waals surface area contributed by atoms with Gasteiger partial charge in [-0.3, -0.25) is 4.79 Å². The third-order valence-electron chi connectivity index (χ3n) is 1.38. The number of rotatable bonds is 2. The number of carbonyl (C=O) groups is 1. The first-order valence-electron chi connectivity index (χ1n) is 3.72. The fraction of sp³-hybridized carbons (Fsp3) is 0.222. The van der Waals surface area contributed by atoms with Crippen molar-refractivity contribution in [2.24, 2.45) is 0 Å². The van der Waals surface area contributed by atoms with Crippen LogP contribution < -0.4 is 0 Å². The highest BCUT2D eigenvalue weighted by Crippen LogP contribution is 2.28. The van der Waals surface area contributed by atoms with Gasteiger partial charge >= 0.3 is 0 Å². The van der Waals surface area contributed by atoms with Gasteiger partial charge in [-0.25, -0.2) is 0 Å². The summed E-state index contributed by atoms with van der Waals surface area (Å²) in [5, 5.41) is 9.35. The number of para-hydroxylation sites is 1. The summed E-state index contributed by atoms with van der Waals surface area (Å²) in [6, 6.07) is 6.83. The standard InChI is InChI=1S/C9H10O2S/c1-2-9(11)12-8-6-4-3-5-7(8)10/h3-6,10H,2H2,1H3. The summed E-state index contributed by atoms with van der Waals surface area (Å²) in [4.78, 5) is 11.6. The highest BCUT2D eigenvalue weighted by atomic mass is 32.2. The Balaban J connectivity index is 2.75. The van der Waals surface area contributed by atoms with E-state index in [-0.39, 0.29) is 10.9 Å². The quantitative estimate of drug-likeness (QED) is 0.714. The van der Waals surface area contributed by atoms with Gasteiger partial charge in [-0.05, 0) is 23.9 Å². The molecular formula is C9H10O2S. The van der Waals surface area contributed by atoms with Gasteiger partial charge in [0.15, 0.2) is 5.12 Å². The zero-order valence-corrected chi connectivity index (χ0v) is 7.60. The van der Waals surface area contributed by atoms with Gasteiger partial charge < -0.3 is 5.11 Å². The van der Waals surface area contributed by atoms with Crippen molar-refractivity contribution in [3.63, 3.8) is 0 Å². The number of thioether (sulfide) groups is 1. The van der Waals surface area contributed by atoms with Crippen molar-refractivity contribution in [3.8, 4) is 5.75 Å². The summed E-state index contributed by atoms with van der Waals surface area (Å²) in [5.41, 5.74) is 0. The van der Waals surface area contributed by atoms with E-state index in [4.69, 9.17) is 0 Å². The fourth-order valence-corrected chi connectivity index (χ4v) is 1.45. The molecule has 0 aliphatic rings. The zero-order valence-electron chi connectivity index (χ0n) is 6.78. The Labute approximate surface area is 75.6 Å². The van der Waals surface area contributed by atoms with E-state index < -0.39 is 0 Å². The Morgan fingerprint density at radius 1 is 1.50 bits per heavy atom. The molecule has 1 aromatic carbocycles. The largest absolute Gasteiger partial charge is 0.507 e. The molecule has 2 nitrogen and oxygen atoms in total. The summed E-state index contributed by atoms with van der Waals surface area (Å²) < 4.78 is 0. The van der Waals surface area contributed by atoms with Gasteiger partial charge in [-0.15, -0.1) is 0 Å². The molecule has 0 saturated heterocycles. The Kier molecular flexibility index (Phi) is 3.17. The van der Waals surface area contributed by atoms with E-state index in [1.165, 1.54) is 0 Å². The Morgan fingerprint density at radius 2 is 2.17 bits per heavy atom. The van der Waals surface area contributed by atoms with Crippen LogP contribution in [0.5, 0.6) is 5.75 Å². The van der Waals surface area contributed by atoms with Crippen LogP contribution in [0.25, 0.3) is 0 Å². The van der Waals surface area contributed by atoms with E-state index in [2.05, 4.69) is 0 Å². The van der Waals surface area contributed by atoms with Crippen LogP contribution in [0.3, 0.4) is 0 Å². The monoisotopic (exact) mass is 182 g/mol. The van der Waals surface area contributed by atoms with Gasteiger partial charge in [0, 0.05) is 6.42 Å². The molecule has 0 heterocycles. The SMILES string of the molecule is CCC(=O)Sc1ccccc1O. The van der Waals surface area contributed by atoms with Gasteiger partial charge in [-0.2, -0.15) is 0 Å². The molecule has 1 rings (SSSR count). The van der Waals surface area contributed by atoms with E-state index in [0.29, 0.717) is 11.3 Å². The Morgan fingerprint density at radius 3 is 2.75 bits per heavy atom. The minimum Gasteiger partial charge on any atom is -0.507 e. The average molecular weight is 182 g/mol. The predicted molar refractivity (Wildman–Crippen MR) is 49.3 cm³/mol. The summed E-state index contributed by atoms with van der Waals surface area (Å²) in [7, 11) is 0. The highest BCUT2D eigenvalue weighted by molar-refractivity contribution is 8.13. The highest BCUT2D eigenvalue weighted by Gasteiger charge is 2.04. The molecule has 0 amide bonds. The first-order valence-corrected chi connectivity index (χ1v) is 4.54. The molecule has 0 fully saturated rings. The lowest BCUT2D eigenvalue weighted by atomic mass is 10.3. The minimum absolute atomic E-state index is 0.0662. The van der Waals surface area contributed by atoms with E-state index in [1.54, 1.807) is 31.2 Å². The molecule has 0 atom stereocenters. The van der Waals surface area contributed by atoms with Crippen molar-refractivity contribution in [2.75, 3.05) is 0 Å². The summed E-state index contributed by atoms with van der Waals surface area (Å²) in [6.45, 7) is 1.80. The molecule has 0 bridgehead atoms. The van der Waals surface area contributed by atoms with Crippen molar-refractivity contribution in [2.45, 2.75) is 18.2 Å². The molecule has 0 spiro atoms. The first kappa shape index (κ1) is 9.13. The van der Waals surface area contributed by atoms with E-state index >= 15 is 0 Å². The second kappa shape index (κ2) is 4.16. The van der Waals surface area contributed by atoms with Crippen molar-refractivity contribution in [1.29, 1.82) is 0 Å². The lowest BCUT2D eigenvalue weighted by Gasteiger charge is -2.00. The van der Waals surface area contributed by atoms with Crippen LogP contribution in [0.2, 0.25) is 0 Å². The maximum absolute atomic E-state index is 11.0. The minimum atomic E-state index is 0.0662. The second-order valence-corrected chi connectivity index (χ2v) is 3.39. The zero-order chi connectivity index (χ0) is 8.97. The Hall–Kier alpha value is -0.960. The van der Waals surface area contributed by atoms with E-state index in [9.17, 15) is 9.90 Å². The number of benzene rings is 1. The van der Waals surface area contributed by atoms with Crippen LogP contribution in [0, 0.1) is 0 Å². The van der Waals surface area contributed by atoms with Crippen LogP contribution in [-0.2, 0) is 4.79 Å². The van der Waals surface area contributed by atoms with Crippen LogP contribution in [0.1, 0.15) is 13.3 Å². The number of hydrogen-bond donors (Lipinski definition) is 1. The summed E-state index contributed by atoms with van der Waals surface area (Å²) >= 11 is 1.08. The molecular weight excluding hydrogens is 172 g/mol. The van der Waals surface area contributed by atoms with Gasteiger partial charge in [0.05, 0.1) is 4.90 Å². The van der Waals surface area contributed by atoms with E-state index in [1.807, 2.05) is 0 Å². The lowest BCUT2D eigenvalue weighted by Crippen LogP contribution is -1.86. The molecule has 3 heteroatoms. The van der Waals surface area contributed by atoms with E-state index in [0.717, 1.165) is 11.8 Å². The second-order valence-electron chi connectivity index (χ2n) is 2.30. The smallest absolute Gasteiger partial charge is 0.193 e. The average Bonchev–Trinajstić information content (AvgIpc) is 2.09. The topological polar surface area (TPSA) is 37.3 Å². The maximum Gasteiger partial charge on any atom is 0.193 e. The molecule has 0 radical (unpaired) electrons. The van der Waals surface area contributed by atoms with Gasteiger partial charge in [0.1, 0.15) is 5.75 Å². The van der Waals surface area contributed by atoms with Crippen molar-refractivity contribution < 1.29 is 9.90 Å². The lowest BCUT2D eigenvalue weighted by molar-refractivity contribution is -0.110.